The Morgan fingerprint density at radius 1 is 1.10 bits per heavy atom. The van der Waals surface area contributed by atoms with E-state index in [4.69, 9.17) is 9.84 Å². The van der Waals surface area contributed by atoms with Crippen LogP contribution in [0.5, 0.6) is 5.75 Å². The highest BCUT2D eigenvalue weighted by Gasteiger charge is 2.22. The third-order valence-corrected chi connectivity index (χ3v) is 5.27. The number of hydrogen-bond donors (Lipinski definition) is 1. The molecule has 0 fully saturated rings. The predicted octanol–water partition coefficient (Wildman–Crippen LogP) is 3.38. The standard InChI is InChI=1S/C23H22N2O4/c26-22(27)15-29-21-8-4-7-18-11-16(9-10-20(18)21)13-25-14-19(12-24-25)23(28)17-5-2-1-3-6-17/h1-8,12,14,16H,9-11,13,15H2,(H,26,27). The van der Waals surface area contributed by atoms with Crippen molar-refractivity contribution in [2.45, 2.75) is 25.8 Å². The number of carbonyl (C=O) groups is 2. The Labute approximate surface area is 168 Å². The van der Waals surface area contributed by atoms with Gasteiger partial charge in [0.15, 0.2) is 12.4 Å². The van der Waals surface area contributed by atoms with Crippen molar-refractivity contribution in [2.75, 3.05) is 6.61 Å². The maximum Gasteiger partial charge on any atom is 0.341 e. The molecule has 6 heteroatoms. The fraction of sp³-hybridized carbons (Fsp3) is 0.261. The zero-order chi connectivity index (χ0) is 20.2. The minimum absolute atomic E-state index is 0.0222. The number of rotatable bonds is 7. The van der Waals surface area contributed by atoms with Crippen molar-refractivity contribution in [1.82, 2.24) is 9.78 Å². The molecule has 0 saturated heterocycles. The minimum Gasteiger partial charge on any atom is -0.482 e. The fourth-order valence-corrected chi connectivity index (χ4v) is 3.88. The van der Waals surface area contributed by atoms with Gasteiger partial charge < -0.3 is 9.84 Å². The maximum absolute atomic E-state index is 12.6. The minimum atomic E-state index is -0.976. The molecule has 0 spiro atoms. The van der Waals surface area contributed by atoms with Crippen LogP contribution in [0, 0.1) is 5.92 Å². The predicted molar refractivity (Wildman–Crippen MR) is 107 cm³/mol. The zero-order valence-electron chi connectivity index (χ0n) is 16.0. The molecule has 0 radical (unpaired) electrons. The van der Waals surface area contributed by atoms with E-state index in [9.17, 15) is 9.59 Å². The molecule has 2 aromatic carbocycles. The van der Waals surface area contributed by atoms with Gasteiger partial charge >= 0.3 is 5.97 Å². The summed E-state index contributed by atoms with van der Waals surface area (Å²) in [4.78, 5) is 23.3. The van der Waals surface area contributed by atoms with E-state index in [1.807, 2.05) is 53.3 Å². The van der Waals surface area contributed by atoms with Crippen LogP contribution < -0.4 is 4.74 Å². The molecule has 29 heavy (non-hydrogen) atoms. The first-order valence-electron chi connectivity index (χ1n) is 9.67. The van der Waals surface area contributed by atoms with E-state index in [2.05, 4.69) is 11.2 Å². The molecule has 3 aromatic rings. The highest BCUT2D eigenvalue weighted by molar-refractivity contribution is 6.08. The van der Waals surface area contributed by atoms with E-state index in [0.29, 0.717) is 22.8 Å². The summed E-state index contributed by atoms with van der Waals surface area (Å²) in [7, 11) is 0. The lowest BCUT2D eigenvalue weighted by Crippen LogP contribution is -2.21. The number of aromatic nitrogens is 2. The highest BCUT2D eigenvalue weighted by atomic mass is 16.5. The number of carboxylic acids is 1. The van der Waals surface area contributed by atoms with Crippen LogP contribution in [-0.4, -0.2) is 33.2 Å². The van der Waals surface area contributed by atoms with E-state index in [1.165, 1.54) is 5.56 Å². The summed E-state index contributed by atoms with van der Waals surface area (Å²) in [6.07, 6.45) is 6.12. The highest BCUT2D eigenvalue weighted by Crippen LogP contribution is 2.33. The normalized spacial score (nSPS) is 15.5. The molecule has 1 atom stereocenters. The molecule has 1 aliphatic carbocycles. The number of benzene rings is 2. The molecular formula is C23H22N2O4. The van der Waals surface area contributed by atoms with Gasteiger partial charge in [-0.2, -0.15) is 5.10 Å². The molecule has 0 amide bonds. The first-order valence-corrected chi connectivity index (χ1v) is 9.67. The lowest BCUT2D eigenvalue weighted by atomic mass is 9.83. The Morgan fingerprint density at radius 3 is 2.72 bits per heavy atom. The average Bonchev–Trinajstić information content (AvgIpc) is 3.20. The smallest absolute Gasteiger partial charge is 0.341 e. The summed E-state index contributed by atoms with van der Waals surface area (Å²) < 4.78 is 7.28. The molecule has 0 bridgehead atoms. The van der Waals surface area contributed by atoms with Gasteiger partial charge in [-0.1, -0.05) is 42.5 Å². The quantitative estimate of drug-likeness (QED) is 0.626. The molecule has 1 N–H and O–H groups in total. The lowest BCUT2D eigenvalue weighted by molar-refractivity contribution is -0.139. The molecule has 1 aliphatic rings. The van der Waals surface area contributed by atoms with Gasteiger partial charge in [0.1, 0.15) is 5.75 Å². The summed E-state index contributed by atoms with van der Waals surface area (Å²) in [6.45, 7) is 0.410. The first-order chi connectivity index (χ1) is 14.1. The Balaban J connectivity index is 1.42. The van der Waals surface area contributed by atoms with Crippen LogP contribution in [0.1, 0.15) is 33.5 Å². The molecule has 6 nitrogen and oxygen atoms in total. The number of carbonyl (C=O) groups excluding carboxylic acids is 1. The SMILES string of the molecule is O=C(O)COc1cccc2c1CCC(Cn1cc(C(=O)c3ccccc3)cn1)C2. The Hall–Kier alpha value is -3.41. The van der Waals surface area contributed by atoms with Crippen LogP contribution in [-0.2, 0) is 24.2 Å². The molecule has 0 aliphatic heterocycles. The molecule has 148 valence electrons. The number of fused-ring (bicyclic) bond motifs is 1. The van der Waals surface area contributed by atoms with Crippen LogP contribution in [0.4, 0.5) is 0 Å². The van der Waals surface area contributed by atoms with Crippen molar-refractivity contribution in [3.8, 4) is 5.75 Å². The van der Waals surface area contributed by atoms with E-state index in [0.717, 1.165) is 31.4 Å². The Kier molecular flexibility index (Phi) is 5.42. The largest absolute Gasteiger partial charge is 0.482 e. The van der Waals surface area contributed by atoms with Crippen molar-refractivity contribution in [3.63, 3.8) is 0 Å². The summed E-state index contributed by atoms with van der Waals surface area (Å²) in [5.41, 5.74) is 3.55. The third kappa shape index (κ3) is 4.37. The van der Waals surface area contributed by atoms with Gasteiger partial charge in [-0.05, 0) is 42.4 Å². The monoisotopic (exact) mass is 390 g/mol. The number of nitrogens with zero attached hydrogens (tertiary/aromatic N) is 2. The first kappa shape index (κ1) is 18.9. The molecule has 1 aromatic heterocycles. The van der Waals surface area contributed by atoms with Gasteiger partial charge in [-0.15, -0.1) is 0 Å². The van der Waals surface area contributed by atoms with Crippen LogP contribution in [0.15, 0.2) is 60.9 Å². The lowest BCUT2D eigenvalue weighted by Gasteiger charge is -2.26. The van der Waals surface area contributed by atoms with Crippen molar-refractivity contribution < 1.29 is 19.4 Å². The van der Waals surface area contributed by atoms with Crippen molar-refractivity contribution in [3.05, 3.63) is 83.2 Å². The summed E-state index contributed by atoms with van der Waals surface area (Å²) >= 11 is 0. The second-order valence-electron chi connectivity index (χ2n) is 7.33. The number of aliphatic carboxylic acids is 1. The second kappa shape index (κ2) is 8.31. The fourth-order valence-electron chi connectivity index (χ4n) is 3.88. The van der Waals surface area contributed by atoms with Gasteiger partial charge in [0.05, 0.1) is 11.8 Å². The molecule has 1 heterocycles. The van der Waals surface area contributed by atoms with Crippen LogP contribution >= 0.6 is 0 Å². The topological polar surface area (TPSA) is 81.4 Å². The molecule has 4 rings (SSSR count). The summed E-state index contributed by atoms with van der Waals surface area (Å²) in [6, 6.07) is 15.0. The molecule has 0 saturated carbocycles. The van der Waals surface area contributed by atoms with E-state index in [-0.39, 0.29) is 12.4 Å². The number of ether oxygens (including phenoxy) is 1. The Bertz CT molecular complexity index is 1030. The van der Waals surface area contributed by atoms with Crippen LogP contribution in [0.2, 0.25) is 0 Å². The van der Waals surface area contributed by atoms with Gasteiger partial charge in [0.2, 0.25) is 0 Å². The maximum atomic E-state index is 12.6. The van der Waals surface area contributed by atoms with Gasteiger partial charge in [0.25, 0.3) is 0 Å². The van der Waals surface area contributed by atoms with Crippen LogP contribution in [0.3, 0.4) is 0 Å². The average molecular weight is 390 g/mol. The Morgan fingerprint density at radius 2 is 1.93 bits per heavy atom. The summed E-state index contributed by atoms with van der Waals surface area (Å²) in [5, 5.41) is 13.2. The number of ketones is 1. The molecular weight excluding hydrogens is 368 g/mol. The number of hydrogen-bond acceptors (Lipinski definition) is 4. The van der Waals surface area contributed by atoms with E-state index >= 15 is 0 Å². The van der Waals surface area contributed by atoms with Crippen LogP contribution in [0.25, 0.3) is 0 Å². The zero-order valence-corrected chi connectivity index (χ0v) is 16.0. The van der Waals surface area contributed by atoms with Gasteiger partial charge in [-0.25, -0.2) is 4.79 Å². The second-order valence-corrected chi connectivity index (χ2v) is 7.33. The van der Waals surface area contributed by atoms with E-state index in [1.54, 1.807) is 6.20 Å². The van der Waals surface area contributed by atoms with Crippen molar-refractivity contribution in [1.29, 1.82) is 0 Å². The van der Waals surface area contributed by atoms with Crippen molar-refractivity contribution in [2.24, 2.45) is 5.92 Å². The number of carboxylic acid groups (broad SMARTS) is 1. The van der Waals surface area contributed by atoms with Gasteiger partial charge in [0, 0.05) is 18.3 Å². The summed E-state index contributed by atoms with van der Waals surface area (Å²) in [5.74, 6) is 0.0665. The van der Waals surface area contributed by atoms with E-state index < -0.39 is 5.97 Å². The third-order valence-electron chi connectivity index (χ3n) is 5.27. The van der Waals surface area contributed by atoms with Gasteiger partial charge in [-0.3, -0.25) is 9.48 Å². The molecule has 1 unspecified atom stereocenters. The van der Waals surface area contributed by atoms with Crippen molar-refractivity contribution >= 4 is 11.8 Å².